The van der Waals surface area contributed by atoms with Crippen molar-refractivity contribution >= 4 is 5.91 Å². The molecule has 8 nitrogen and oxygen atoms in total. The fraction of sp³-hybridized carbons (Fsp3) is 0.500. The van der Waals surface area contributed by atoms with Crippen LogP contribution < -0.4 is 16.6 Å². The van der Waals surface area contributed by atoms with E-state index in [-0.39, 0.29) is 5.69 Å². The number of rotatable bonds is 5. The Hall–Kier alpha value is -2.61. The number of aromatic nitrogens is 2. The number of hydrogen-bond acceptors (Lipinski definition) is 5. The van der Waals surface area contributed by atoms with Gasteiger partial charge in [0.15, 0.2) is 0 Å². The van der Waals surface area contributed by atoms with Gasteiger partial charge < -0.3 is 9.73 Å². The van der Waals surface area contributed by atoms with E-state index >= 15 is 0 Å². The minimum Gasteiger partial charge on any atom is -0.468 e. The zero-order valence-electron chi connectivity index (χ0n) is 15.1. The normalized spacial score (nSPS) is 18.0. The Morgan fingerprint density at radius 3 is 2.85 bits per heavy atom. The van der Waals surface area contributed by atoms with Crippen LogP contribution in [0.3, 0.4) is 0 Å². The summed E-state index contributed by atoms with van der Waals surface area (Å²) < 4.78 is 7.57. The standard InChI is InChI=1S/C18H24N4O4/c1-20-15(9-16(23)21(2)18(20)25)17(24)19-10-13-5-3-7-22(11-13)12-14-6-4-8-26-14/h4,6,8-9,13H,3,5,7,10-12H2,1-2H3,(H,19,24). The Morgan fingerprint density at radius 1 is 1.31 bits per heavy atom. The lowest BCUT2D eigenvalue weighted by Crippen LogP contribution is -2.43. The monoisotopic (exact) mass is 360 g/mol. The molecule has 2 aromatic heterocycles. The number of piperidine rings is 1. The molecule has 1 amide bonds. The Bertz CT molecular complexity index is 882. The fourth-order valence-electron chi connectivity index (χ4n) is 3.36. The summed E-state index contributed by atoms with van der Waals surface area (Å²) >= 11 is 0. The molecule has 1 aliphatic heterocycles. The summed E-state index contributed by atoms with van der Waals surface area (Å²) in [6, 6.07) is 5.04. The Labute approximate surface area is 151 Å². The van der Waals surface area contributed by atoms with E-state index < -0.39 is 17.2 Å². The topological polar surface area (TPSA) is 89.5 Å². The van der Waals surface area contributed by atoms with Crippen LogP contribution in [-0.4, -0.2) is 39.6 Å². The van der Waals surface area contributed by atoms with E-state index in [2.05, 4.69) is 10.2 Å². The highest BCUT2D eigenvalue weighted by molar-refractivity contribution is 5.92. The van der Waals surface area contributed by atoms with Gasteiger partial charge in [-0.25, -0.2) is 4.79 Å². The average Bonchev–Trinajstić information content (AvgIpc) is 3.14. The van der Waals surface area contributed by atoms with E-state index in [1.807, 2.05) is 12.1 Å². The number of nitrogens with one attached hydrogen (secondary N) is 1. The first-order valence-corrected chi connectivity index (χ1v) is 8.75. The van der Waals surface area contributed by atoms with Crippen molar-refractivity contribution in [3.8, 4) is 0 Å². The van der Waals surface area contributed by atoms with Crippen LogP contribution in [0.5, 0.6) is 0 Å². The molecule has 1 unspecified atom stereocenters. The summed E-state index contributed by atoms with van der Waals surface area (Å²) in [6.07, 6.45) is 3.77. The van der Waals surface area contributed by atoms with E-state index in [0.717, 1.165) is 42.8 Å². The highest BCUT2D eigenvalue weighted by Gasteiger charge is 2.22. The largest absolute Gasteiger partial charge is 0.468 e. The molecule has 1 fully saturated rings. The number of likely N-dealkylation sites (tertiary alicyclic amines) is 1. The summed E-state index contributed by atoms with van der Waals surface area (Å²) in [5.41, 5.74) is -0.910. The SMILES string of the molecule is Cn1c(C(=O)NCC2CCCN(Cc3ccco3)C2)cc(=O)n(C)c1=O. The van der Waals surface area contributed by atoms with Crippen LogP contribution >= 0.6 is 0 Å². The van der Waals surface area contributed by atoms with Gasteiger partial charge in [-0.2, -0.15) is 0 Å². The maximum atomic E-state index is 12.4. The van der Waals surface area contributed by atoms with Crippen molar-refractivity contribution in [2.45, 2.75) is 19.4 Å². The molecule has 140 valence electrons. The van der Waals surface area contributed by atoms with Gasteiger partial charge in [0.1, 0.15) is 11.5 Å². The molecule has 1 aliphatic rings. The zero-order valence-corrected chi connectivity index (χ0v) is 15.1. The molecule has 1 N–H and O–H groups in total. The molecule has 0 bridgehead atoms. The van der Waals surface area contributed by atoms with Crippen molar-refractivity contribution in [2.24, 2.45) is 20.0 Å². The average molecular weight is 360 g/mol. The van der Waals surface area contributed by atoms with Gasteiger partial charge in [-0.05, 0) is 37.4 Å². The summed E-state index contributed by atoms with van der Waals surface area (Å²) in [7, 11) is 2.88. The van der Waals surface area contributed by atoms with Gasteiger partial charge in [-0.3, -0.25) is 23.6 Å². The molecule has 26 heavy (non-hydrogen) atoms. The van der Waals surface area contributed by atoms with Crippen molar-refractivity contribution in [3.63, 3.8) is 0 Å². The van der Waals surface area contributed by atoms with Crippen LogP contribution in [0.1, 0.15) is 29.1 Å². The van der Waals surface area contributed by atoms with Gasteiger partial charge in [0.25, 0.3) is 11.5 Å². The van der Waals surface area contributed by atoms with E-state index in [1.165, 1.54) is 24.7 Å². The van der Waals surface area contributed by atoms with E-state index in [4.69, 9.17) is 4.42 Å². The molecule has 1 atom stereocenters. The van der Waals surface area contributed by atoms with Crippen molar-refractivity contribution < 1.29 is 9.21 Å². The van der Waals surface area contributed by atoms with Crippen LogP contribution in [0.25, 0.3) is 0 Å². The van der Waals surface area contributed by atoms with Crippen molar-refractivity contribution in [2.75, 3.05) is 19.6 Å². The predicted molar refractivity (Wildman–Crippen MR) is 96.0 cm³/mol. The Kier molecular flexibility index (Phi) is 5.41. The first-order chi connectivity index (χ1) is 12.5. The molecule has 0 spiro atoms. The van der Waals surface area contributed by atoms with Crippen LogP contribution in [-0.2, 0) is 20.6 Å². The van der Waals surface area contributed by atoms with Crippen LogP contribution in [0.2, 0.25) is 0 Å². The van der Waals surface area contributed by atoms with E-state index in [0.29, 0.717) is 12.5 Å². The Balaban J connectivity index is 1.59. The summed E-state index contributed by atoms with van der Waals surface area (Å²) in [5, 5.41) is 2.87. The third-order valence-electron chi connectivity index (χ3n) is 4.87. The Morgan fingerprint density at radius 2 is 2.12 bits per heavy atom. The lowest BCUT2D eigenvalue weighted by Gasteiger charge is -2.32. The summed E-state index contributed by atoms with van der Waals surface area (Å²) in [4.78, 5) is 38.4. The lowest BCUT2D eigenvalue weighted by molar-refractivity contribution is 0.0918. The number of carbonyl (C=O) groups excluding carboxylic acids is 1. The second kappa shape index (κ2) is 7.74. The molecule has 0 saturated carbocycles. The number of hydrogen-bond donors (Lipinski definition) is 1. The molecule has 0 aromatic carbocycles. The number of furan rings is 1. The van der Waals surface area contributed by atoms with Crippen LogP contribution in [0.4, 0.5) is 0 Å². The first kappa shape index (κ1) is 18.2. The van der Waals surface area contributed by atoms with Gasteiger partial charge in [-0.15, -0.1) is 0 Å². The summed E-state index contributed by atoms with van der Waals surface area (Å²) in [5.74, 6) is 0.863. The number of nitrogens with zero attached hydrogens (tertiary/aromatic N) is 3. The third-order valence-corrected chi connectivity index (χ3v) is 4.87. The maximum absolute atomic E-state index is 12.4. The van der Waals surface area contributed by atoms with E-state index in [1.54, 1.807) is 6.26 Å². The van der Waals surface area contributed by atoms with Gasteiger partial charge in [0, 0.05) is 33.3 Å². The molecule has 0 radical (unpaired) electrons. The molecular formula is C18H24N4O4. The minimum absolute atomic E-state index is 0.0846. The van der Waals surface area contributed by atoms with Crippen molar-refractivity contribution in [3.05, 3.63) is 56.8 Å². The van der Waals surface area contributed by atoms with Crippen LogP contribution in [0, 0.1) is 5.92 Å². The summed E-state index contributed by atoms with van der Waals surface area (Å²) in [6.45, 7) is 3.16. The van der Waals surface area contributed by atoms with Gasteiger partial charge in [-0.1, -0.05) is 0 Å². The quantitative estimate of drug-likeness (QED) is 0.829. The molecule has 8 heteroatoms. The van der Waals surface area contributed by atoms with Gasteiger partial charge in [0.2, 0.25) is 0 Å². The highest BCUT2D eigenvalue weighted by atomic mass is 16.3. The van der Waals surface area contributed by atoms with Crippen LogP contribution in [0.15, 0.2) is 38.5 Å². The van der Waals surface area contributed by atoms with Crippen molar-refractivity contribution in [1.29, 1.82) is 0 Å². The molecular weight excluding hydrogens is 336 g/mol. The van der Waals surface area contributed by atoms with Gasteiger partial charge >= 0.3 is 5.69 Å². The second-order valence-electron chi connectivity index (χ2n) is 6.80. The zero-order chi connectivity index (χ0) is 18.7. The van der Waals surface area contributed by atoms with Crippen molar-refractivity contribution in [1.82, 2.24) is 19.4 Å². The predicted octanol–water partition coefficient (Wildman–Crippen LogP) is 0.319. The third kappa shape index (κ3) is 3.96. The lowest BCUT2D eigenvalue weighted by atomic mass is 9.98. The first-order valence-electron chi connectivity index (χ1n) is 8.75. The maximum Gasteiger partial charge on any atom is 0.331 e. The number of amides is 1. The smallest absolute Gasteiger partial charge is 0.331 e. The van der Waals surface area contributed by atoms with Gasteiger partial charge in [0.05, 0.1) is 12.8 Å². The second-order valence-corrected chi connectivity index (χ2v) is 6.80. The molecule has 2 aromatic rings. The van der Waals surface area contributed by atoms with E-state index in [9.17, 15) is 14.4 Å². The molecule has 3 rings (SSSR count). The molecule has 3 heterocycles. The molecule has 0 aliphatic carbocycles. The number of carbonyl (C=O) groups is 1. The highest BCUT2D eigenvalue weighted by Crippen LogP contribution is 2.18. The fourth-order valence-corrected chi connectivity index (χ4v) is 3.36. The minimum atomic E-state index is -0.509. The molecule has 1 saturated heterocycles.